The molecule has 3 rings (SSSR count). The summed E-state index contributed by atoms with van der Waals surface area (Å²) in [5, 5.41) is 15.5. The standard InChI is InChI=1S/C16H16N2/c17-12-16(8-10-18-11-9-16)15-7-3-5-13-4-1-2-6-14(13)15/h1-7,18H,8-11H2. The third-order valence-corrected chi connectivity index (χ3v) is 3.98. The first-order valence-electron chi connectivity index (χ1n) is 6.46. The molecule has 90 valence electrons. The molecule has 2 aromatic rings. The minimum atomic E-state index is -0.313. The van der Waals surface area contributed by atoms with Crippen LogP contribution in [0.2, 0.25) is 0 Å². The van der Waals surface area contributed by atoms with Crippen LogP contribution in [0.1, 0.15) is 18.4 Å². The maximum absolute atomic E-state index is 9.68. The van der Waals surface area contributed by atoms with Crippen molar-refractivity contribution >= 4 is 10.8 Å². The van der Waals surface area contributed by atoms with E-state index in [4.69, 9.17) is 0 Å². The summed E-state index contributed by atoms with van der Waals surface area (Å²) in [7, 11) is 0. The summed E-state index contributed by atoms with van der Waals surface area (Å²) in [6, 6.07) is 17.2. The van der Waals surface area contributed by atoms with E-state index in [-0.39, 0.29) is 5.41 Å². The third-order valence-electron chi connectivity index (χ3n) is 3.98. The molecule has 0 aromatic heterocycles. The van der Waals surface area contributed by atoms with Gasteiger partial charge in [0.2, 0.25) is 0 Å². The van der Waals surface area contributed by atoms with Crippen LogP contribution < -0.4 is 5.32 Å². The van der Waals surface area contributed by atoms with E-state index in [0.29, 0.717) is 0 Å². The second kappa shape index (κ2) is 4.44. The maximum Gasteiger partial charge on any atom is 0.0852 e. The van der Waals surface area contributed by atoms with Gasteiger partial charge in [0.05, 0.1) is 11.5 Å². The van der Waals surface area contributed by atoms with Gasteiger partial charge in [0.15, 0.2) is 0 Å². The van der Waals surface area contributed by atoms with Gasteiger partial charge in [0.1, 0.15) is 0 Å². The van der Waals surface area contributed by atoms with Crippen LogP contribution in [0, 0.1) is 11.3 Å². The summed E-state index contributed by atoms with van der Waals surface area (Å²) in [5.41, 5.74) is 0.885. The normalized spacial score (nSPS) is 18.4. The number of benzene rings is 2. The molecule has 0 amide bonds. The zero-order valence-electron chi connectivity index (χ0n) is 10.3. The van der Waals surface area contributed by atoms with E-state index >= 15 is 0 Å². The molecule has 1 fully saturated rings. The average Bonchev–Trinajstić information content (AvgIpc) is 2.47. The predicted molar refractivity (Wildman–Crippen MR) is 73.3 cm³/mol. The van der Waals surface area contributed by atoms with E-state index < -0.39 is 0 Å². The molecule has 2 heteroatoms. The summed E-state index contributed by atoms with van der Waals surface area (Å²) >= 11 is 0. The van der Waals surface area contributed by atoms with Gasteiger partial charge >= 0.3 is 0 Å². The van der Waals surface area contributed by atoms with Gasteiger partial charge in [-0.25, -0.2) is 0 Å². The van der Waals surface area contributed by atoms with Crippen LogP contribution in [0.4, 0.5) is 0 Å². The molecule has 1 aliphatic heterocycles. The summed E-state index contributed by atoms with van der Waals surface area (Å²) in [4.78, 5) is 0. The molecule has 2 aromatic carbocycles. The molecular weight excluding hydrogens is 220 g/mol. The van der Waals surface area contributed by atoms with Crippen LogP contribution in [-0.2, 0) is 5.41 Å². The van der Waals surface area contributed by atoms with Gasteiger partial charge in [0.25, 0.3) is 0 Å². The SMILES string of the molecule is N#CC1(c2cccc3ccccc23)CCNCC1. The number of hydrogen-bond donors (Lipinski definition) is 1. The zero-order valence-corrected chi connectivity index (χ0v) is 10.3. The van der Waals surface area contributed by atoms with Crippen molar-refractivity contribution in [2.75, 3.05) is 13.1 Å². The molecule has 0 aliphatic carbocycles. The Morgan fingerprint density at radius 3 is 2.50 bits per heavy atom. The van der Waals surface area contributed by atoms with Gasteiger partial charge in [-0.1, -0.05) is 42.5 Å². The average molecular weight is 236 g/mol. The Morgan fingerprint density at radius 2 is 1.72 bits per heavy atom. The second-order valence-corrected chi connectivity index (χ2v) is 4.97. The van der Waals surface area contributed by atoms with Gasteiger partial charge < -0.3 is 5.32 Å². The van der Waals surface area contributed by atoms with Crippen molar-refractivity contribution in [3.8, 4) is 6.07 Å². The Labute approximate surface area is 107 Å². The van der Waals surface area contributed by atoms with Crippen LogP contribution >= 0.6 is 0 Å². The molecule has 0 unspecified atom stereocenters. The van der Waals surface area contributed by atoms with Crippen molar-refractivity contribution in [1.29, 1.82) is 5.26 Å². The van der Waals surface area contributed by atoms with Crippen LogP contribution in [0.15, 0.2) is 42.5 Å². The summed E-state index contributed by atoms with van der Waals surface area (Å²) in [6.45, 7) is 1.85. The number of piperidine rings is 1. The Kier molecular flexibility index (Phi) is 2.77. The van der Waals surface area contributed by atoms with E-state index in [0.717, 1.165) is 25.9 Å². The van der Waals surface area contributed by atoms with Gasteiger partial charge in [-0.15, -0.1) is 0 Å². The molecule has 2 nitrogen and oxygen atoms in total. The van der Waals surface area contributed by atoms with Crippen molar-refractivity contribution in [2.24, 2.45) is 0 Å². The number of fused-ring (bicyclic) bond motifs is 1. The Balaban J connectivity index is 2.21. The lowest BCUT2D eigenvalue weighted by Gasteiger charge is -2.32. The van der Waals surface area contributed by atoms with Crippen molar-refractivity contribution in [2.45, 2.75) is 18.3 Å². The number of rotatable bonds is 1. The minimum Gasteiger partial charge on any atom is -0.317 e. The highest BCUT2D eigenvalue weighted by molar-refractivity contribution is 5.87. The van der Waals surface area contributed by atoms with Crippen LogP contribution in [0.25, 0.3) is 10.8 Å². The fourth-order valence-electron chi connectivity index (χ4n) is 2.94. The van der Waals surface area contributed by atoms with E-state index in [1.165, 1.54) is 16.3 Å². The highest BCUT2D eigenvalue weighted by Gasteiger charge is 2.35. The van der Waals surface area contributed by atoms with Crippen molar-refractivity contribution in [1.82, 2.24) is 5.32 Å². The first kappa shape index (κ1) is 11.3. The van der Waals surface area contributed by atoms with Crippen molar-refractivity contribution < 1.29 is 0 Å². The Morgan fingerprint density at radius 1 is 1.00 bits per heavy atom. The highest BCUT2D eigenvalue weighted by Crippen LogP contribution is 2.36. The van der Waals surface area contributed by atoms with Crippen LogP contribution in [-0.4, -0.2) is 13.1 Å². The lowest BCUT2D eigenvalue weighted by Crippen LogP contribution is -2.38. The molecule has 1 saturated heterocycles. The molecule has 0 bridgehead atoms. The van der Waals surface area contributed by atoms with E-state index in [1.807, 2.05) is 6.07 Å². The minimum absolute atomic E-state index is 0.313. The number of nitrogens with zero attached hydrogens (tertiary/aromatic N) is 1. The summed E-state index contributed by atoms with van der Waals surface area (Å²) < 4.78 is 0. The van der Waals surface area contributed by atoms with Crippen LogP contribution in [0.3, 0.4) is 0 Å². The lowest BCUT2D eigenvalue weighted by molar-refractivity contribution is 0.385. The largest absolute Gasteiger partial charge is 0.317 e. The number of nitrogens with one attached hydrogen (secondary N) is 1. The smallest absolute Gasteiger partial charge is 0.0852 e. The third kappa shape index (κ3) is 1.68. The zero-order chi connectivity index (χ0) is 12.4. The first-order chi connectivity index (χ1) is 8.86. The summed E-state index contributed by atoms with van der Waals surface area (Å²) in [6.07, 6.45) is 1.80. The summed E-state index contributed by atoms with van der Waals surface area (Å²) in [5.74, 6) is 0. The Bertz CT molecular complexity index is 599. The van der Waals surface area contributed by atoms with Crippen LogP contribution in [0.5, 0.6) is 0 Å². The molecule has 18 heavy (non-hydrogen) atoms. The van der Waals surface area contributed by atoms with Crippen molar-refractivity contribution in [3.05, 3.63) is 48.0 Å². The van der Waals surface area contributed by atoms with Gasteiger partial charge in [0, 0.05) is 0 Å². The maximum atomic E-state index is 9.68. The van der Waals surface area contributed by atoms with E-state index in [1.54, 1.807) is 0 Å². The van der Waals surface area contributed by atoms with E-state index in [2.05, 4.69) is 47.8 Å². The topological polar surface area (TPSA) is 35.8 Å². The highest BCUT2D eigenvalue weighted by atomic mass is 14.9. The Hall–Kier alpha value is -1.85. The fourth-order valence-corrected chi connectivity index (χ4v) is 2.94. The molecule has 1 heterocycles. The van der Waals surface area contributed by atoms with Gasteiger partial charge in [-0.3, -0.25) is 0 Å². The van der Waals surface area contributed by atoms with E-state index in [9.17, 15) is 5.26 Å². The fraction of sp³-hybridized carbons (Fsp3) is 0.312. The molecule has 1 N–H and O–H groups in total. The van der Waals surface area contributed by atoms with Gasteiger partial charge in [-0.05, 0) is 42.3 Å². The van der Waals surface area contributed by atoms with Gasteiger partial charge in [-0.2, -0.15) is 5.26 Å². The first-order valence-corrected chi connectivity index (χ1v) is 6.46. The molecule has 0 radical (unpaired) electrons. The number of hydrogen-bond acceptors (Lipinski definition) is 2. The quantitative estimate of drug-likeness (QED) is 0.826. The molecular formula is C16H16N2. The second-order valence-electron chi connectivity index (χ2n) is 4.97. The molecule has 0 atom stereocenters. The molecule has 0 spiro atoms. The molecule has 1 aliphatic rings. The molecule has 0 saturated carbocycles. The predicted octanol–water partition coefficient (Wildman–Crippen LogP) is 2.98. The van der Waals surface area contributed by atoms with Crippen molar-refractivity contribution in [3.63, 3.8) is 0 Å². The lowest BCUT2D eigenvalue weighted by atomic mass is 9.73. The number of nitriles is 1. The monoisotopic (exact) mass is 236 g/mol.